The topological polar surface area (TPSA) is 55.1 Å². The van der Waals surface area contributed by atoms with E-state index >= 15 is 0 Å². The van der Waals surface area contributed by atoms with Gasteiger partial charge >= 0.3 is 0 Å². The summed E-state index contributed by atoms with van der Waals surface area (Å²) in [6, 6.07) is 5.30. The van der Waals surface area contributed by atoms with Gasteiger partial charge in [0.15, 0.2) is 0 Å². The van der Waals surface area contributed by atoms with Crippen molar-refractivity contribution in [3.05, 3.63) is 33.3 Å². The van der Waals surface area contributed by atoms with Gasteiger partial charge in [-0.25, -0.2) is 0 Å². The highest BCUT2D eigenvalue weighted by Gasteiger charge is 2.31. The van der Waals surface area contributed by atoms with Crippen LogP contribution in [0.25, 0.3) is 0 Å². The summed E-state index contributed by atoms with van der Waals surface area (Å²) in [5.74, 6) is -0.0932. The normalized spacial score (nSPS) is 22.2. The number of thiocarbonyl (C=S) groups is 1. The maximum Gasteiger partial charge on any atom is 0.253 e. The fraction of sp³-hybridized carbons (Fsp3) is 0.385. The SMILES string of the molecule is NC(=S)C1CCCC1NC(=O)c1cccc(Br)c1Cl. The van der Waals surface area contributed by atoms with E-state index in [1.54, 1.807) is 18.2 Å². The molecule has 6 heteroatoms. The predicted octanol–water partition coefficient (Wildman–Crippen LogP) is 3.29. The van der Waals surface area contributed by atoms with Crippen LogP contribution in [0.1, 0.15) is 29.6 Å². The van der Waals surface area contributed by atoms with Gasteiger partial charge in [-0.15, -0.1) is 0 Å². The molecule has 3 nitrogen and oxygen atoms in total. The number of hydrogen-bond donors (Lipinski definition) is 2. The minimum atomic E-state index is -0.181. The Kier molecular flexibility index (Phi) is 4.81. The molecule has 1 aromatic carbocycles. The molecule has 0 spiro atoms. The standard InChI is InChI=1S/C13H14BrClN2OS/c14-9-5-1-4-8(11(9)15)13(18)17-10-6-2-3-7(10)12(16)19/h1,4-5,7,10H,2-3,6H2,(H2,16,19)(H,17,18). The Balaban J connectivity index is 2.13. The van der Waals surface area contributed by atoms with Crippen LogP contribution in [-0.2, 0) is 0 Å². The number of rotatable bonds is 3. The Morgan fingerprint density at radius 3 is 2.89 bits per heavy atom. The summed E-state index contributed by atoms with van der Waals surface area (Å²) < 4.78 is 0.708. The molecule has 1 aromatic rings. The molecule has 2 unspecified atom stereocenters. The van der Waals surface area contributed by atoms with Gasteiger partial charge in [-0.05, 0) is 40.9 Å². The molecule has 3 N–H and O–H groups in total. The third kappa shape index (κ3) is 3.27. The van der Waals surface area contributed by atoms with E-state index in [0.29, 0.717) is 20.0 Å². The molecule has 0 bridgehead atoms. The Morgan fingerprint density at radius 2 is 2.21 bits per heavy atom. The van der Waals surface area contributed by atoms with Gasteiger partial charge in [0.2, 0.25) is 0 Å². The Bertz CT molecular complexity index is 523. The van der Waals surface area contributed by atoms with Gasteiger partial charge in [0, 0.05) is 16.4 Å². The van der Waals surface area contributed by atoms with Gasteiger partial charge in [-0.1, -0.05) is 36.3 Å². The maximum atomic E-state index is 12.2. The Labute approximate surface area is 131 Å². The lowest BCUT2D eigenvalue weighted by molar-refractivity contribution is 0.0934. The molecule has 0 aromatic heterocycles. The minimum Gasteiger partial charge on any atom is -0.393 e. The zero-order valence-electron chi connectivity index (χ0n) is 10.2. The van der Waals surface area contributed by atoms with Crippen molar-refractivity contribution < 1.29 is 4.79 Å². The van der Waals surface area contributed by atoms with Crippen LogP contribution in [0, 0.1) is 5.92 Å². The fourth-order valence-corrected chi connectivity index (χ4v) is 3.26. The number of hydrogen-bond acceptors (Lipinski definition) is 2. The van der Waals surface area contributed by atoms with Gasteiger partial charge < -0.3 is 11.1 Å². The number of carbonyl (C=O) groups excluding carboxylic acids is 1. The summed E-state index contributed by atoms with van der Waals surface area (Å²) in [7, 11) is 0. The summed E-state index contributed by atoms with van der Waals surface area (Å²) >= 11 is 14.5. The van der Waals surface area contributed by atoms with E-state index in [1.807, 2.05) is 0 Å². The van der Waals surface area contributed by atoms with Gasteiger partial charge in [0.1, 0.15) is 0 Å². The lowest BCUT2D eigenvalue weighted by Crippen LogP contribution is -2.41. The molecule has 0 aliphatic heterocycles. The molecule has 1 aliphatic rings. The van der Waals surface area contributed by atoms with E-state index in [9.17, 15) is 4.79 Å². The average Bonchev–Trinajstić information content (AvgIpc) is 2.80. The van der Waals surface area contributed by atoms with Crippen LogP contribution < -0.4 is 11.1 Å². The number of carbonyl (C=O) groups is 1. The highest BCUT2D eigenvalue weighted by molar-refractivity contribution is 9.10. The van der Waals surface area contributed by atoms with Crippen LogP contribution in [0.3, 0.4) is 0 Å². The monoisotopic (exact) mass is 360 g/mol. The molecule has 0 saturated heterocycles. The average molecular weight is 362 g/mol. The van der Waals surface area contributed by atoms with Crippen LogP contribution in [0.2, 0.25) is 5.02 Å². The first kappa shape index (κ1) is 14.8. The van der Waals surface area contributed by atoms with Crippen LogP contribution in [0.15, 0.2) is 22.7 Å². The third-order valence-corrected chi connectivity index (χ3v) is 4.99. The molecule has 0 heterocycles. The highest BCUT2D eigenvalue weighted by atomic mass is 79.9. The fourth-order valence-electron chi connectivity index (χ4n) is 2.40. The van der Waals surface area contributed by atoms with E-state index < -0.39 is 0 Å². The molecule has 1 amide bonds. The summed E-state index contributed by atoms with van der Waals surface area (Å²) in [6.07, 6.45) is 2.87. The second-order valence-electron chi connectivity index (χ2n) is 4.62. The first-order chi connectivity index (χ1) is 9.00. The van der Waals surface area contributed by atoms with Crippen molar-refractivity contribution in [1.29, 1.82) is 0 Å². The zero-order valence-corrected chi connectivity index (χ0v) is 13.3. The molecule has 1 aliphatic carbocycles. The highest BCUT2D eigenvalue weighted by Crippen LogP contribution is 2.28. The van der Waals surface area contributed by atoms with Crippen LogP contribution in [-0.4, -0.2) is 16.9 Å². The smallest absolute Gasteiger partial charge is 0.253 e. The van der Waals surface area contributed by atoms with E-state index in [-0.39, 0.29) is 17.9 Å². The predicted molar refractivity (Wildman–Crippen MR) is 84.5 cm³/mol. The first-order valence-electron chi connectivity index (χ1n) is 6.05. The van der Waals surface area contributed by atoms with Crippen molar-refractivity contribution in [2.45, 2.75) is 25.3 Å². The Hall–Kier alpha value is -0.650. The second-order valence-corrected chi connectivity index (χ2v) is 6.32. The van der Waals surface area contributed by atoms with Crippen molar-refractivity contribution in [3.8, 4) is 0 Å². The van der Waals surface area contributed by atoms with Gasteiger partial charge in [0.25, 0.3) is 5.91 Å². The van der Waals surface area contributed by atoms with Gasteiger partial charge in [0.05, 0.1) is 15.6 Å². The van der Waals surface area contributed by atoms with Crippen molar-refractivity contribution in [3.63, 3.8) is 0 Å². The quantitative estimate of drug-likeness (QED) is 0.812. The van der Waals surface area contributed by atoms with Crippen molar-refractivity contribution in [2.24, 2.45) is 11.7 Å². The Morgan fingerprint density at radius 1 is 1.47 bits per heavy atom. The maximum absolute atomic E-state index is 12.2. The lowest BCUT2D eigenvalue weighted by atomic mass is 10.0. The van der Waals surface area contributed by atoms with E-state index in [4.69, 9.17) is 29.6 Å². The molecular weight excluding hydrogens is 348 g/mol. The molecule has 1 saturated carbocycles. The van der Waals surface area contributed by atoms with Gasteiger partial charge in [-0.2, -0.15) is 0 Å². The molecule has 2 rings (SSSR count). The van der Waals surface area contributed by atoms with Gasteiger partial charge in [-0.3, -0.25) is 4.79 Å². The number of nitrogens with two attached hydrogens (primary N) is 1. The lowest BCUT2D eigenvalue weighted by Gasteiger charge is -2.20. The van der Waals surface area contributed by atoms with Crippen molar-refractivity contribution in [1.82, 2.24) is 5.32 Å². The summed E-state index contributed by atoms with van der Waals surface area (Å²) in [5.41, 5.74) is 6.17. The first-order valence-corrected chi connectivity index (χ1v) is 7.63. The molecule has 2 atom stereocenters. The number of halogens is 2. The van der Waals surface area contributed by atoms with Crippen LogP contribution >= 0.6 is 39.7 Å². The zero-order chi connectivity index (χ0) is 14.0. The van der Waals surface area contributed by atoms with E-state index in [1.165, 1.54) is 0 Å². The summed E-state index contributed by atoms with van der Waals surface area (Å²) in [4.78, 5) is 12.7. The third-order valence-electron chi connectivity index (χ3n) is 3.39. The van der Waals surface area contributed by atoms with E-state index in [2.05, 4.69) is 21.2 Å². The van der Waals surface area contributed by atoms with Crippen LogP contribution in [0.4, 0.5) is 0 Å². The van der Waals surface area contributed by atoms with Crippen LogP contribution in [0.5, 0.6) is 0 Å². The molecule has 0 radical (unpaired) electrons. The largest absolute Gasteiger partial charge is 0.393 e. The summed E-state index contributed by atoms with van der Waals surface area (Å²) in [5, 5.41) is 3.40. The van der Waals surface area contributed by atoms with E-state index in [0.717, 1.165) is 19.3 Å². The molecule has 1 fully saturated rings. The molecule has 19 heavy (non-hydrogen) atoms. The minimum absolute atomic E-state index is 0.0139. The summed E-state index contributed by atoms with van der Waals surface area (Å²) in [6.45, 7) is 0. The molecular formula is C13H14BrClN2OS. The number of nitrogens with one attached hydrogen (secondary N) is 1. The molecule has 102 valence electrons. The van der Waals surface area contributed by atoms with Crippen molar-refractivity contribution >= 4 is 50.6 Å². The van der Waals surface area contributed by atoms with Crippen molar-refractivity contribution in [2.75, 3.05) is 0 Å². The second kappa shape index (κ2) is 6.20. The number of amides is 1. The number of benzene rings is 1.